The first-order valence-corrected chi connectivity index (χ1v) is 6.75. The zero-order valence-electron chi connectivity index (χ0n) is 10.3. The molecule has 1 N–H and O–H groups in total. The molecule has 1 aliphatic carbocycles. The van der Waals surface area contributed by atoms with Gasteiger partial charge in [-0.1, -0.05) is 13.3 Å². The van der Waals surface area contributed by atoms with Crippen LogP contribution in [-0.4, -0.2) is 36.6 Å². The van der Waals surface area contributed by atoms with Crippen molar-refractivity contribution in [2.45, 2.75) is 58.0 Å². The highest BCUT2D eigenvalue weighted by Gasteiger charge is 2.29. The van der Waals surface area contributed by atoms with E-state index in [-0.39, 0.29) is 0 Å². The molecule has 3 atom stereocenters. The third-order valence-electron chi connectivity index (χ3n) is 4.25. The summed E-state index contributed by atoms with van der Waals surface area (Å²) in [7, 11) is 0. The predicted octanol–water partition coefficient (Wildman–Crippen LogP) is 2.25. The summed E-state index contributed by atoms with van der Waals surface area (Å²) in [5.41, 5.74) is 0. The lowest BCUT2D eigenvalue weighted by Gasteiger charge is -2.34. The van der Waals surface area contributed by atoms with Crippen LogP contribution in [0.2, 0.25) is 0 Å². The van der Waals surface area contributed by atoms with E-state index >= 15 is 0 Å². The maximum atomic E-state index is 3.58. The molecule has 2 aliphatic rings. The van der Waals surface area contributed by atoms with Crippen LogP contribution in [0.15, 0.2) is 0 Å². The second kappa shape index (κ2) is 5.31. The fraction of sp³-hybridized carbons (Fsp3) is 1.00. The van der Waals surface area contributed by atoms with Crippen LogP contribution in [0.25, 0.3) is 0 Å². The molecule has 0 aromatic rings. The molecule has 1 aliphatic heterocycles. The number of rotatable bonds is 1. The number of hydrogen-bond donors (Lipinski definition) is 1. The van der Waals surface area contributed by atoms with Gasteiger partial charge in [0.05, 0.1) is 0 Å². The lowest BCUT2D eigenvalue weighted by atomic mass is 10.0. The van der Waals surface area contributed by atoms with E-state index in [0.29, 0.717) is 6.04 Å². The first-order chi connectivity index (χ1) is 7.27. The smallest absolute Gasteiger partial charge is 0.0121 e. The molecule has 0 spiro atoms. The molecule has 2 nitrogen and oxygen atoms in total. The lowest BCUT2D eigenvalue weighted by Crippen LogP contribution is -2.44. The van der Waals surface area contributed by atoms with E-state index < -0.39 is 0 Å². The van der Waals surface area contributed by atoms with Crippen molar-refractivity contribution in [1.82, 2.24) is 10.2 Å². The van der Waals surface area contributed by atoms with E-state index in [9.17, 15) is 0 Å². The van der Waals surface area contributed by atoms with Gasteiger partial charge in [-0.3, -0.25) is 0 Å². The normalized spacial score (nSPS) is 40.0. The van der Waals surface area contributed by atoms with Crippen LogP contribution >= 0.6 is 0 Å². The Bertz CT molecular complexity index is 193. The Morgan fingerprint density at radius 2 is 1.87 bits per heavy atom. The van der Waals surface area contributed by atoms with Gasteiger partial charge >= 0.3 is 0 Å². The first-order valence-electron chi connectivity index (χ1n) is 6.75. The van der Waals surface area contributed by atoms with Gasteiger partial charge in [0.15, 0.2) is 0 Å². The monoisotopic (exact) mass is 210 g/mol. The maximum absolute atomic E-state index is 3.58. The summed E-state index contributed by atoms with van der Waals surface area (Å²) in [5.74, 6) is 0.938. The Morgan fingerprint density at radius 1 is 1.00 bits per heavy atom. The highest BCUT2D eigenvalue weighted by Crippen LogP contribution is 2.29. The summed E-state index contributed by atoms with van der Waals surface area (Å²) in [6.07, 6.45) is 7.00. The molecule has 2 fully saturated rings. The Balaban J connectivity index is 1.88. The van der Waals surface area contributed by atoms with Crippen molar-refractivity contribution < 1.29 is 0 Å². The van der Waals surface area contributed by atoms with E-state index in [2.05, 4.69) is 24.1 Å². The molecule has 0 aromatic heterocycles. The maximum Gasteiger partial charge on any atom is 0.0121 e. The SMILES string of the molecule is CC1CCN(C2CCCC2C)CCCN1. The van der Waals surface area contributed by atoms with Crippen molar-refractivity contribution in [3.8, 4) is 0 Å². The predicted molar refractivity (Wildman–Crippen MR) is 65.1 cm³/mol. The molecule has 2 rings (SSSR count). The fourth-order valence-corrected chi connectivity index (χ4v) is 3.20. The fourth-order valence-electron chi connectivity index (χ4n) is 3.20. The van der Waals surface area contributed by atoms with Gasteiger partial charge in [0, 0.05) is 12.1 Å². The molecule has 2 heteroatoms. The quantitative estimate of drug-likeness (QED) is 0.714. The largest absolute Gasteiger partial charge is 0.314 e. The highest BCUT2D eigenvalue weighted by atomic mass is 15.2. The summed E-state index contributed by atoms with van der Waals surface area (Å²) in [6, 6.07) is 1.61. The van der Waals surface area contributed by atoms with Crippen LogP contribution in [0.3, 0.4) is 0 Å². The molecular weight excluding hydrogens is 184 g/mol. The molecule has 0 aromatic carbocycles. The Labute approximate surface area is 94.4 Å². The average Bonchev–Trinajstić information content (AvgIpc) is 2.59. The lowest BCUT2D eigenvalue weighted by molar-refractivity contribution is 0.148. The molecule has 15 heavy (non-hydrogen) atoms. The summed E-state index contributed by atoms with van der Waals surface area (Å²) in [5, 5.41) is 3.58. The van der Waals surface area contributed by atoms with Crippen molar-refractivity contribution in [3.63, 3.8) is 0 Å². The van der Waals surface area contributed by atoms with Crippen LogP contribution in [0.1, 0.15) is 46.0 Å². The van der Waals surface area contributed by atoms with Gasteiger partial charge in [0.25, 0.3) is 0 Å². The van der Waals surface area contributed by atoms with Gasteiger partial charge in [0.1, 0.15) is 0 Å². The van der Waals surface area contributed by atoms with Crippen molar-refractivity contribution in [2.24, 2.45) is 5.92 Å². The van der Waals surface area contributed by atoms with Crippen molar-refractivity contribution in [3.05, 3.63) is 0 Å². The molecule has 1 saturated carbocycles. The average molecular weight is 210 g/mol. The van der Waals surface area contributed by atoms with Crippen molar-refractivity contribution >= 4 is 0 Å². The standard InChI is InChI=1S/C13H26N2/c1-11-5-3-6-13(11)15-9-4-8-14-12(2)7-10-15/h11-14H,3-10H2,1-2H3. The first kappa shape index (κ1) is 11.4. The third-order valence-corrected chi connectivity index (χ3v) is 4.25. The molecule has 0 radical (unpaired) electrons. The molecule has 88 valence electrons. The van der Waals surface area contributed by atoms with Crippen LogP contribution in [0, 0.1) is 5.92 Å². The summed E-state index contributed by atoms with van der Waals surface area (Å²) < 4.78 is 0. The summed E-state index contributed by atoms with van der Waals surface area (Å²) in [4.78, 5) is 2.77. The van der Waals surface area contributed by atoms with Crippen molar-refractivity contribution in [1.29, 1.82) is 0 Å². The zero-order chi connectivity index (χ0) is 10.7. The molecule has 1 saturated heterocycles. The zero-order valence-corrected chi connectivity index (χ0v) is 10.3. The molecule has 0 bridgehead atoms. The van der Waals surface area contributed by atoms with Gasteiger partial charge in [-0.15, -0.1) is 0 Å². The Kier molecular flexibility index (Phi) is 4.04. The van der Waals surface area contributed by atoms with Crippen LogP contribution in [0.4, 0.5) is 0 Å². The van der Waals surface area contributed by atoms with E-state index in [1.807, 2.05) is 0 Å². The summed E-state index contributed by atoms with van der Waals surface area (Å²) in [6.45, 7) is 8.59. The second-order valence-corrected chi connectivity index (χ2v) is 5.51. The van der Waals surface area contributed by atoms with E-state index in [1.165, 1.54) is 51.7 Å². The number of hydrogen-bond acceptors (Lipinski definition) is 2. The van der Waals surface area contributed by atoms with Crippen LogP contribution in [-0.2, 0) is 0 Å². The minimum absolute atomic E-state index is 0.713. The van der Waals surface area contributed by atoms with Gasteiger partial charge in [-0.2, -0.15) is 0 Å². The number of nitrogens with one attached hydrogen (secondary N) is 1. The van der Waals surface area contributed by atoms with Gasteiger partial charge in [-0.05, 0) is 58.2 Å². The summed E-state index contributed by atoms with van der Waals surface area (Å²) >= 11 is 0. The molecule has 3 unspecified atom stereocenters. The van der Waals surface area contributed by atoms with Gasteiger partial charge < -0.3 is 10.2 Å². The Morgan fingerprint density at radius 3 is 2.60 bits per heavy atom. The van der Waals surface area contributed by atoms with Crippen LogP contribution in [0.5, 0.6) is 0 Å². The second-order valence-electron chi connectivity index (χ2n) is 5.51. The Hall–Kier alpha value is -0.0800. The third kappa shape index (κ3) is 2.94. The molecule has 1 heterocycles. The highest BCUT2D eigenvalue weighted by molar-refractivity contribution is 4.84. The topological polar surface area (TPSA) is 15.3 Å². The minimum Gasteiger partial charge on any atom is -0.314 e. The molecular formula is C13H26N2. The van der Waals surface area contributed by atoms with Gasteiger partial charge in [-0.25, -0.2) is 0 Å². The van der Waals surface area contributed by atoms with E-state index in [0.717, 1.165) is 12.0 Å². The van der Waals surface area contributed by atoms with Crippen LogP contribution < -0.4 is 5.32 Å². The van der Waals surface area contributed by atoms with E-state index in [4.69, 9.17) is 0 Å². The van der Waals surface area contributed by atoms with Gasteiger partial charge in [0.2, 0.25) is 0 Å². The minimum atomic E-state index is 0.713. The van der Waals surface area contributed by atoms with E-state index in [1.54, 1.807) is 0 Å². The molecule has 0 amide bonds. The van der Waals surface area contributed by atoms with Crippen molar-refractivity contribution in [2.75, 3.05) is 19.6 Å². The number of nitrogens with zero attached hydrogens (tertiary/aromatic N) is 1.